The first-order valence-corrected chi connectivity index (χ1v) is 8.90. The van der Waals surface area contributed by atoms with Crippen LogP contribution in [0.15, 0.2) is 65.0 Å². The third-order valence-electron chi connectivity index (χ3n) is 4.24. The summed E-state index contributed by atoms with van der Waals surface area (Å²) in [4.78, 5) is 16.8. The number of benzene rings is 2. The molecule has 0 saturated heterocycles. The van der Waals surface area contributed by atoms with E-state index in [1.165, 1.54) is 0 Å². The summed E-state index contributed by atoms with van der Waals surface area (Å²) in [5.41, 5.74) is 6.28. The van der Waals surface area contributed by atoms with E-state index in [0.29, 0.717) is 11.4 Å². The van der Waals surface area contributed by atoms with E-state index in [4.69, 9.17) is 4.74 Å². The Labute approximate surface area is 153 Å². The summed E-state index contributed by atoms with van der Waals surface area (Å²) in [6, 6.07) is 14.5. The number of hydrogen-bond donors (Lipinski definition) is 0. The summed E-state index contributed by atoms with van der Waals surface area (Å²) in [7, 11) is 0. The second-order valence-electron chi connectivity index (χ2n) is 5.86. The molecular formula is C20H15FN2O2S. The molecule has 0 radical (unpaired) electrons. The zero-order valence-corrected chi connectivity index (χ0v) is 14.8. The Morgan fingerprint density at radius 2 is 1.96 bits per heavy atom. The molecule has 2 aromatic carbocycles. The molecule has 0 saturated carbocycles. The average Bonchev–Trinajstić information content (AvgIpc) is 3.11. The molecular weight excluding hydrogens is 351 g/mol. The molecule has 0 spiro atoms. The SMILES string of the molecule is Cc1cc(=O)n(-c2ccc(OCF)cc2)cc1-c1ccc2ncsc2c1. The van der Waals surface area contributed by atoms with Crippen LogP contribution in [0.3, 0.4) is 0 Å². The highest BCUT2D eigenvalue weighted by molar-refractivity contribution is 7.16. The predicted molar refractivity (Wildman–Crippen MR) is 102 cm³/mol. The van der Waals surface area contributed by atoms with Crippen LogP contribution >= 0.6 is 11.3 Å². The second-order valence-corrected chi connectivity index (χ2v) is 6.75. The van der Waals surface area contributed by atoms with Gasteiger partial charge in [0.1, 0.15) is 5.75 Å². The highest BCUT2D eigenvalue weighted by Gasteiger charge is 2.09. The third kappa shape index (κ3) is 2.99. The largest absolute Gasteiger partial charge is 0.463 e. The minimum Gasteiger partial charge on any atom is -0.463 e. The fraction of sp³-hybridized carbons (Fsp3) is 0.100. The summed E-state index contributed by atoms with van der Waals surface area (Å²) in [6.45, 7) is 1.05. The molecule has 130 valence electrons. The van der Waals surface area contributed by atoms with Gasteiger partial charge in [-0.2, -0.15) is 0 Å². The first kappa shape index (κ1) is 16.5. The Kier molecular flexibility index (Phi) is 4.26. The van der Waals surface area contributed by atoms with Crippen molar-refractivity contribution >= 4 is 21.6 Å². The molecule has 0 aliphatic heterocycles. The van der Waals surface area contributed by atoms with Crippen LogP contribution < -0.4 is 10.3 Å². The van der Waals surface area contributed by atoms with Crippen molar-refractivity contribution in [2.45, 2.75) is 6.92 Å². The number of pyridine rings is 1. The number of thiazole rings is 1. The number of halogens is 1. The van der Waals surface area contributed by atoms with E-state index >= 15 is 0 Å². The molecule has 0 aliphatic carbocycles. The Morgan fingerprint density at radius 1 is 1.15 bits per heavy atom. The van der Waals surface area contributed by atoms with Crippen LogP contribution in [0.25, 0.3) is 27.0 Å². The number of ether oxygens (including phenoxy) is 1. The molecule has 4 nitrogen and oxygen atoms in total. The van der Waals surface area contributed by atoms with Crippen LogP contribution in [-0.4, -0.2) is 16.4 Å². The average molecular weight is 366 g/mol. The molecule has 0 atom stereocenters. The van der Waals surface area contributed by atoms with Crippen LogP contribution in [-0.2, 0) is 0 Å². The van der Waals surface area contributed by atoms with Crippen molar-refractivity contribution in [2.24, 2.45) is 0 Å². The fourth-order valence-electron chi connectivity index (χ4n) is 2.92. The minimum atomic E-state index is -0.881. The molecule has 6 heteroatoms. The maximum absolute atomic E-state index is 12.5. The lowest BCUT2D eigenvalue weighted by atomic mass is 10.0. The van der Waals surface area contributed by atoms with E-state index in [1.54, 1.807) is 46.2 Å². The van der Waals surface area contributed by atoms with Crippen LogP contribution in [0.5, 0.6) is 5.75 Å². The molecule has 0 fully saturated rings. The third-order valence-corrected chi connectivity index (χ3v) is 5.03. The van der Waals surface area contributed by atoms with Gasteiger partial charge in [-0.1, -0.05) is 6.07 Å². The van der Waals surface area contributed by atoms with Gasteiger partial charge in [0.15, 0.2) is 0 Å². The number of aromatic nitrogens is 2. The second kappa shape index (κ2) is 6.72. The summed E-state index contributed by atoms with van der Waals surface area (Å²) in [6.07, 6.45) is 1.84. The highest BCUT2D eigenvalue weighted by atomic mass is 32.1. The van der Waals surface area contributed by atoms with Gasteiger partial charge in [0.05, 0.1) is 15.7 Å². The summed E-state index contributed by atoms with van der Waals surface area (Å²) in [5, 5.41) is 0. The lowest BCUT2D eigenvalue weighted by molar-refractivity contribution is 0.192. The standard InChI is InChI=1S/C20H15FN2O2S/c1-13-8-20(24)23(15-3-5-16(6-4-15)25-11-21)10-17(13)14-2-7-18-19(9-14)26-12-22-18/h2-10,12H,11H2,1H3. The molecule has 2 aromatic heterocycles. The lowest BCUT2D eigenvalue weighted by Gasteiger charge is -2.12. The van der Waals surface area contributed by atoms with Crippen LogP contribution in [0.1, 0.15) is 5.56 Å². The van der Waals surface area contributed by atoms with Crippen molar-refractivity contribution in [2.75, 3.05) is 6.86 Å². The van der Waals surface area contributed by atoms with Gasteiger partial charge >= 0.3 is 0 Å². The first-order chi connectivity index (χ1) is 12.7. The number of nitrogens with zero attached hydrogens (tertiary/aromatic N) is 2. The molecule has 4 rings (SSSR count). The van der Waals surface area contributed by atoms with Crippen LogP contribution in [0.4, 0.5) is 4.39 Å². The zero-order valence-electron chi connectivity index (χ0n) is 14.0. The minimum absolute atomic E-state index is 0.121. The van der Waals surface area contributed by atoms with Crippen molar-refractivity contribution < 1.29 is 9.13 Å². The maximum atomic E-state index is 12.5. The summed E-state index contributed by atoms with van der Waals surface area (Å²) >= 11 is 1.59. The summed E-state index contributed by atoms with van der Waals surface area (Å²) < 4.78 is 19.8. The molecule has 26 heavy (non-hydrogen) atoms. The molecule has 4 aromatic rings. The molecule has 0 bridgehead atoms. The van der Waals surface area contributed by atoms with Gasteiger partial charge in [-0.25, -0.2) is 9.37 Å². The quantitative estimate of drug-likeness (QED) is 0.524. The van der Waals surface area contributed by atoms with Crippen LogP contribution in [0.2, 0.25) is 0 Å². The van der Waals surface area contributed by atoms with E-state index < -0.39 is 6.86 Å². The number of fused-ring (bicyclic) bond motifs is 1. The maximum Gasteiger partial charge on any atom is 0.255 e. The normalized spacial score (nSPS) is 11.0. The molecule has 2 heterocycles. The van der Waals surface area contributed by atoms with Gasteiger partial charge in [-0.15, -0.1) is 11.3 Å². The Morgan fingerprint density at radius 3 is 2.73 bits per heavy atom. The number of aryl methyl sites for hydroxylation is 1. The van der Waals surface area contributed by atoms with Crippen LogP contribution in [0, 0.1) is 6.92 Å². The van der Waals surface area contributed by atoms with Crippen molar-refractivity contribution in [3.8, 4) is 22.6 Å². The van der Waals surface area contributed by atoms with Gasteiger partial charge in [0.2, 0.25) is 6.86 Å². The van der Waals surface area contributed by atoms with Gasteiger partial charge in [-0.05, 0) is 54.4 Å². The van der Waals surface area contributed by atoms with Gasteiger partial charge in [0, 0.05) is 23.5 Å². The lowest BCUT2D eigenvalue weighted by Crippen LogP contribution is -2.17. The molecule has 0 N–H and O–H groups in total. The Hall–Kier alpha value is -2.99. The van der Waals surface area contributed by atoms with E-state index in [0.717, 1.165) is 26.9 Å². The number of rotatable bonds is 4. The van der Waals surface area contributed by atoms with Crippen molar-refractivity contribution in [1.29, 1.82) is 0 Å². The number of hydrogen-bond acceptors (Lipinski definition) is 4. The Bertz CT molecular complexity index is 1130. The first-order valence-electron chi connectivity index (χ1n) is 8.02. The smallest absolute Gasteiger partial charge is 0.255 e. The van der Waals surface area contributed by atoms with Crippen molar-refractivity contribution in [3.63, 3.8) is 0 Å². The molecule has 0 amide bonds. The van der Waals surface area contributed by atoms with Crippen molar-refractivity contribution in [1.82, 2.24) is 9.55 Å². The molecule has 0 aliphatic rings. The predicted octanol–water partition coefficient (Wildman–Crippen LogP) is 4.73. The van der Waals surface area contributed by atoms with Gasteiger partial charge in [-0.3, -0.25) is 9.36 Å². The molecule has 0 unspecified atom stereocenters. The van der Waals surface area contributed by atoms with E-state index in [-0.39, 0.29) is 5.56 Å². The number of alkyl halides is 1. The van der Waals surface area contributed by atoms with E-state index in [9.17, 15) is 9.18 Å². The highest BCUT2D eigenvalue weighted by Crippen LogP contribution is 2.28. The topological polar surface area (TPSA) is 44.1 Å². The van der Waals surface area contributed by atoms with Gasteiger partial charge < -0.3 is 4.74 Å². The van der Waals surface area contributed by atoms with Crippen molar-refractivity contribution in [3.05, 3.63) is 76.2 Å². The van der Waals surface area contributed by atoms with E-state index in [2.05, 4.69) is 11.1 Å². The van der Waals surface area contributed by atoms with E-state index in [1.807, 2.05) is 30.8 Å². The monoisotopic (exact) mass is 366 g/mol. The Balaban J connectivity index is 1.81. The fourth-order valence-corrected chi connectivity index (χ4v) is 3.64. The zero-order chi connectivity index (χ0) is 18.1. The van der Waals surface area contributed by atoms with Gasteiger partial charge in [0.25, 0.3) is 5.56 Å². The summed E-state index contributed by atoms with van der Waals surface area (Å²) in [5.74, 6) is 0.423.